The van der Waals surface area contributed by atoms with Gasteiger partial charge in [0.05, 0.1) is 17.4 Å². The fourth-order valence-corrected chi connectivity index (χ4v) is 1.84. The Morgan fingerprint density at radius 2 is 2.33 bits per heavy atom. The van der Waals surface area contributed by atoms with E-state index in [2.05, 4.69) is 50.3 Å². The second-order valence-corrected chi connectivity index (χ2v) is 4.19. The minimum Gasteiger partial charge on any atom is -0.289 e. The molecule has 0 amide bonds. The summed E-state index contributed by atoms with van der Waals surface area (Å²) in [4.78, 5) is 0.428. The van der Waals surface area contributed by atoms with Gasteiger partial charge in [-0.15, -0.1) is 0 Å². The summed E-state index contributed by atoms with van der Waals surface area (Å²) in [6.07, 6.45) is 11.6. The zero-order valence-electron chi connectivity index (χ0n) is 6.73. The number of allylic oxidation sites excluding steroid dienone is 2. The topological polar surface area (TPSA) is 15.6 Å². The predicted molar refractivity (Wildman–Crippen MR) is 54.6 cm³/mol. The maximum atomic E-state index is 4.32. The number of rotatable bonds is 1. The van der Waals surface area contributed by atoms with E-state index in [0.717, 1.165) is 13.0 Å². The summed E-state index contributed by atoms with van der Waals surface area (Å²) in [6, 6.07) is 0.466. The van der Waals surface area contributed by atoms with Gasteiger partial charge in [0.1, 0.15) is 0 Å². The molecule has 3 heteroatoms. The van der Waals surface area contributed by atoms with E-state index in [4.69, 9.17) is 0 Å². The van der Waals surface area contributed by atoms with Gasteiger partial charge >= 0.3 is 0 Å². The van der Waals surface area contributed by atoms with Crippen molar-refractivity contribution in [3.8, 4) is 0 Å². The molecule has 0 spiro atoms. The van der Waals surface area contributed by atoms with Gasteiger partial charge in [-0.1, -0.05) is 40.2 Å². The lowest BCUT2D eigenvalue weighted by Gasteiger charge is -2.23. The van der Waals surface area contributed by atoms with Gasteiger partial charge in [0.25, 0.3) is 0 Å². The summed E-state index contributed by atoms with van der Waals surface area (Å²) in [7, 11) is 0. The fraction of sp³-hybridized carbons (Fsp3) is 0.444. The van der Waals surface area contributed by atoms with Crippen molar-refractivity contribution in [1.82, 2.24) is 5.01 Å². The standard InChI is InChI=1S/C9H11BrN2/c10-8-6-11-12(7-8)9-4-2-1-3-5-9/h1-4,6,8-9H,5,7H2. The van der Waals surface area contributed by atoms with E-state index in [0.29, 0.717) is 10.9 Å². The quantitative estimate of drug-likeness (QED) is 0.625. The van der Waals surface area contributed by atoms with Crippen molar-refractivity contribution in [2.75, 3.05) is 6.54 Å². The highest BCUT2D eigenvalue weighted by Crippen LogP contribution is 2.17. The van der Waals surface area contributed by atoms with Crippen LogP contribution >= 0.6 is 15.9 Å². The Morgan fingerprint density at radius 1 is 1.42 bits per heavy atom. The van der Waals surface area contributed by atoms with Gasteiger partial charge in [-0.25, -0.2) is 0 Å². The predicted octanol–water partition coefficient (Wildman–Crippen LogP) is 1.94. The van der Waals surface area contributed by atoms with Crippen LogP contribution in [0.4, 0.5) is 0 Å². The van der Waals surface area contributed by atoms with Crippen LogP contribution in [0.5, 0.6) is 0 Å². The largest absolute Gasteiger partial charge is 0.289 e. The molecule has 64 valence electrons. The Labute approximate surface area is 80.8 Å². The van der Waals surface area contributed by atoms with Crippen LogP contribution in [0.1, 0.15) is 6.42 Å². The molecule has 0 saturated heterocycles. The monoisotopic (exact) mass is 226 g/mol. The van der Waals surface area contributed by atoms with E-state index in [9.17, 15) is 0 Å². The first-order valence-electron chi connectivity index (χ1n) is 4.14. The van der Waals surface area contributed by atoms with E-state index >= 15 is 0 Å². The van der Waals surface area contributed by atoms with Crippen molar-refractivity contribution < 1.29 is 0 Å². The van der Waals surface area contributed by atoms with Gasteiger partial charge < -0.3 is 0 Å². The molecule has 0 saturated carbocycles. The molecule has 1 aliphatic heterocycles. The zero-order valence-corrected chi connectivity index (χ0v) is 8.31. The Balaban J connectivity index is 1.98. The molecule has 2 rings (SSSR count). The van der Waals surface area contributed by atoms with Crippen molar-refractivity contribution in [3.63, 3.8) is 0 Å². The van der Waals surface area contributed by atoms with Gasteiger partial charge in [0.2, 0.25) is 0 Å². The van der Waals surface area contributed by atoms with Crippen LogP contribution in [0.25, 0.3) is 0 Å². The molecule has 2 atom stereocenters. The van der Waals surface area contributed by atoms with Gasteiger partial charge in [0, 0.05) is 6.21 Å². The maximum Gasteiger partial charge on any atom is 0.0708 e. The molecule has 2 nitrogen and oxygen atoms in total. The van der Waals surface area contributed by atoms with E-state index in [1.165, 1.54) is 0 Å². The number of nitrogens with zero attached hydrogens (tertiary/aromatic N) is 2. The summed E-state index contributed by atoms with van der Waals surface area (Å²) in [5.41, 5.74) is 0. The highest BCUT2D eigenvalue weighted by Gasteiger charge is 2.20. The average Bonchev–Trinajstić information content (AvgIpc) is 2.54. The van der Waals surface area contributed by atoms with Crippen molar-refractivity contribution in [2.45, 2.75) is 17.3 Å². The Bertz CT molecular complexity index is 245. The average molecular weight is 227 g/mol. The molecule has 1 heterocycles. The Hall–Kier alpha value is -0.570. The van der Waals surface area contributed by atoms with Gasteiger partial charge in [-0.05, 0) is 6.42 Å². The normalized spacial score (nSPS) is 33.2. The van der Waals surface area contributed by atoms with Crippen LogP contribution in [0.15, 0.2) is 29.4 Å². The molecule has 1 aliphatic carbocycles. The molecular formula is C9H11BrN2. The van der Waals surface area contributed by atoms with Crippen LogP contribution in [0.2, 0.25) is 0 Å². The smallest absolute Gasteiger partial charge is 0.0708 e. The Morgan fingerprint density at radius 3 is 2.92 bits per heavy atom. The van der Waals surface area contributed by atoms with Crippen LogP contribution in [-0.4, -0.2) is 28.6 Å². The minimum absolute atomic E-state index is 0.428. The van der Waals surface area contributed by atoms with Crippen LogP contribution in [0, 0.1) is 0 Å². The summed E-state index contributed by atoms with van der Waals surface area (Å²) < 4.78 is 0. The molecule has 0 aromatic rings. The second kappa shape index (κ2) is 3.44. The summed E-state index contributed by atoms with van der Waals surface area (Å²) in [6.45, 7) is 0.989. The van der Waals surface area contributed by atoms with Crippen molar-refractivity contribution in [2.24, 2.45) is 5.10 Å². The summed E-state index contributed by atoms with van der Waals surface area (Å²) >= 11 is 3.51. The molecule has 0 aromatic carbocycles. The fourth-order valence-electron chi connectivity index (χ4n) is 1.44. The SMILES string of the molecule is BrC1C=NN(C2C=CC=CC2)C1. The molecule has 0 aromatic heterocycles. The van der Waals surface area contributed by atoms with Gasteiger partial charge in [0.15, 0.2) is 0 Å². The minimum atomic E-state index is 0.428. The molecule has 0 radical (unpaired) electrons. The van der Waals surface area contributed by atoms with Gasteiger partial charge in [-0.2, -0.15) is 5.10 Å². The molecule has 0 N–H and O–H groups in total. The summed E-state index contributed by atoms with van der Waals surface area (Å²) in [5, 5.41) is 6.44. The zero-order chi connectivity index (χ0) is 8.39. The highest BCUT2D eigenvalue weighted by atomic mass is 79.9. The molecule has 2 unspecified atom stereocenters. The molecular weight excluding hydrogens is 216 g/mol. The number of hydrogen-bond donors (Lipinski definition) is 0. The van der Waals surface area contributed by atoms with E-state index < -0.39 is 0 Å². The van der Waals surface area contributed by atoms with Gasteiger partial charge in [-0.3, -0.25) is 5.01 Å². The summed E-state index contributed by atoms with van der Waals surface area (Å²) in [5.74, 6) is 0. The number of hydrazone groups is 1. The number of halogens is 1. The van der Waals surface area contributed by atoms with Crippen molar-refractivity contribution in [3.05, 3.63) is 24.3 Å². The van der Waals surface area contributed by atoms with E-state index in [1.54, 1.807) is 0 Å². The Kier molecular flexibility index (Phi) is 2.30. The molecule has 2 aliphatic rings. The van der Waals surface area contributed by atoms with Crippen LogP contribution in [-0.2, 0) is 0 Å². The lowest BCUT2D eigenvalue weighted by atomic mass is 10.1. The number of hydrogen-bond acceptors (Lipinski definition) is 2. The highest BCUT2D eigenvalue weighted by molar-refractivity contribution is 9.10. The first-order valence-corrected chi connectivity index (χ1v) is 5.06. The molecule has 0 fully saturated rings. The molecule has 12 heavy (non-hydrogen) atoms. The third kappa shape index (κ3) is 1.61. The lowest BCUT2D eigenvalue weighted by Crippen LogP contribution is -2.29. The van der Waals surface area contributed by atoms with Crippen LogP contribution < -0.4 is 0 Å². The maximum absolute atomic E-state index is 4.32. The molecule has 0 bridgehead atoms. The first-order chi connectivity index (χ1) is 5.86. The number of alkyl halides is 1. The van der Waals surface area contributed by atoms with E-state index in [-0.39, 0.29) is 0 Å². The lowest BCUT2D eigenvalue weighted by molar-refractivity contribution is 0.268. The second-order valence-electron chi connectivity index (χ2n) is 3.02. The van der Waals surface area contributed by atoms with E-state index in [1.807, 2.05) is 6.21 Å². The van der Waals surface area contributed by atoms with Crippen LogP contribution in [0.3, 0.4) is 0 Å². The first kappa shape index (κ1) is 8.05. The third-order valence-corrected chi connectivity index (χ3v) is 2.61. The van der Waals surface area contributed by atoms with Crippen molar-refractivity contribution >= 4 is 22.1 Å². The third-order valence-electron chi connectivity index (χ3n) is 2.08. The van der Waals surface area contributed by atoms with Crippen molar-refractivity contribution in [1.29, 1.82) is 0 Å².